The molecule has 17 heavy (non-hydrogen) atoms. The van der Waals surface area contributed by atoms with E-state index in [1.165, 1.54) is 11.1 Å². The summed E-state index contributed by atoms with van der Waals surface area (Å²) in [7, 11) is 0. The highest BCUT2D eigenvalue weighted by atomic mass is 15.2. The molecule has 2 aromatic rings. The fourth-order valence-electron chi connectivity index (χ4n) is 2.37. The summed E-state index contributed by atoms with van der Waals surface area (Å²) >= 11 is 0. The second-order valence-electron chi connectivity index (χ2n) is 4.47. The summed E-state index contributed by atoms with van der Waals surface area (Å²) in [4.78, 5) is 2.49. The Hall–Kier alpha value is -1.60. The summed E-state index contributed by atoms with van der Waals surface area (Å²) in [6.07, 6.45) is 2.32. The predicted molar refractivity (Wildman–Crippen MR) is 70.6 cm³/mol. The quantitative estimate of drug-likeness (QED) is 0.770. The molecule has 0 aromatic heterocycles. The smallest absolute Gasteiger partial charge is 0.0602 e. The van der Waals surface area contributed by atoms with Crippen LogP contribution in [0.5, 0.6) is 0 Å². The van der Waals surface area contributed by atoms with Crippen LogP contribution in [0.3, 0.4) is 0 Å². The largest absolute Gasteiger partial charge is 0.292 e. The minimum atomic E-state index is 0.405. The predicted octanol–water partition coefficient (Wildman–Crippen LogP) is 3.30. The zero-order chi connectivity index (χ0) is 11.5. The van der Waals surface area contributed by atoms with Crippen LogP contribution in [-0.2, 0) is 0 Å². The fraction of sp³-hybridized carbons (Fsp3) is 0.188. The summed E-state index contributed by atoms with van der Waals surface area (Å²) in [6.45, 7) is 2.18. The maximum absolute atomic E-state index is 2.49. The third-order valence-corrected chi connectivity index (χ3v) is 3.32. The highest BCUT2D eigenvalue weighted by molar-refractivity contribution is 5.32. The first-order valence-corrected chi connectivity index (χ1v) is 6.11. The standard InChI is InChI=1S/C16H16N/c1-3-8-14(9-4-1)16(17-12-7-13-17)15-10-5-2-6-11-15/h1-11,16H,12-13H2. The topological polar surface area (TPSA) is 3.24 Å². The van der Waals surface area contributed by atoms with E-state index in [1.807, 2.05) is 0 Å². The maximum Gasteiger partial charge on any atom is 0.0602 e. The molecule has 0 amide bonds. The van der Waals surface area contributed by atoms with Gasteiger partial charge in [-0.15, -0.1) is 0 Å². The van der Waals surface area contributed by atoms with Crippen LogP contribution >= 0.6 is 0 Å². The van der Waals surface area contributed by atoms with E-state index in [1.54, 1.807) is 0 Å². The van der Waals surface area contributed by atoms with Crippen LogP contribution in [-0.4, -0.2) is 18.0 Å². The number of likely N-dealkylation sites (tertiary alicyclic amines) is 1. The monoisotopic (exact) mass is 222 g/mol. The number of benzene rings is 2. The van der Waals surface area contributed by atoms with Gasteiger partial charge in [0.15, 0.2) is 0 Å². The summed E-state index contributed by atoms with van der Waals surface area (Å²) in [6, 6.07) is 21.9. The maximum atomic E-state index is 2.49. The van der Waals surface area contributed by atoms with Gasteiger partial charge in [-0.25, -0.2) is 0 Å². The minimum Gasteiger partial charge on any atom is -0.292 e. The molecule has 2 aromatic carbocycles. The van der Waals surface area contributed by atoms with Gasteiger partial charge in [-0.05, 0) is 17.5 Å². The van der Waals surface area contributed by atoms with Crippen LogP contribution in [0.25, 0.3) is 0 Å². The molecular formula is C16H16N. The van der Waals surface area contributed by atoms with Crippen molar-refractivity contribution in [2.45, 2.75) is 6.04 Å². The fourth-order valence-corrected chi connectivity index (χ4v) is 2.37. The van der Waals surface area contributed by atoms with Gasteiger partial charge in [0.1, 0.15) is 0 Å². The van der Waals surface area contributed by atoms with Crippen molar-refractivity contribution in [3.8, 4) is 0 Å². The second-order valence-corrected chi connectivity index (χ2v) is 4.47. The van der Waals surface area contributed by atoms with Crippen molar-refractivity contribution >= 4 is 0 Å². The van der Waals surface area contributed by atoms with Gasteiger partial charge in [-0.2, -0.15) is 0 Å². The van der Waals surface area contributed by atoms with Gasteiger partial charge in [0.25, 0.3) is 0 Å². The zero-order valence-electron chi connectivity index (χ0n) is 9.79. The van der Waals surface area contributed by atoms with Gasteiger partial charge in [-0.1, -0.05) is 60.7 Å². The van der Waals surface area contributed by atoms with E-state index in [0.717, 1.165) is 13.1 Å². The van der Waals surface area contributed by atoms with Crippen molar-refractivity contribution < 1.29 is 0 Å². The lowest BCUT2D eigenvalue weighted by Crippen LogP contribution is -2.41. The Morgan fingerprint density at radius 3 is 1.53 bits per heavy atom. The van der Waals surface area contributed by atoms with E-state index in [4.69, 9.17) is 0 Å². The molecule has 3 rings (SSSR count). The Morgan fingerprint density at radius 2 is 1.18 bits per heavy atom. The molecule has 1 aliphatic rings. The van der Waals surface area contributed by atoms with Crippen molar-refractivity contribution in [2.24, 2.45) is 0 Å². The van der Waals surface area contributed by atoms with E-state index in [9.17, 15) is 0 Å². The molecule has 0 unspecified atom stereocenters. The number of hydrogen-bond acceptors (Lipinski definition) is 1. The molecule has 1 heteroatoms. The molecule has 1 fully saturated rings. The van der Waals surface area contributed by atoms with Crippen LogP contribution < -0.4 is 0 Å². The lowest BCUT2D eigenvalue weighted by molar-refractivity contribution is 0.196. The lowest BCUT2D eigenvalue weighted by atomic mass is 9.95. The Bertz CT molecular complexity index is 420. The van der Waals surface area contributed by atoms with Crippen LogP contribution in [0.4, 0.5) is 0 Å². The van der Waals surface area contributed by atoms with Crippen molar-refractivity contribution in [1.29, 1.82) is 0 Å². The van der Waals surface area contributed by atoms with Gasteiger partial charge in [0, 0.05) is 13.1 Å². The van der Waals surface area contributed by atoms with Crippen LogP contribution in [0.1, 0.15) is 17.2 Å². The van der Waals surface area contributed by atoms with Gasteiger partial charge in [-0.3, -0.25) is 4.90 Å². The molecule has 1 nitrogen and oxygen atoms in total. The third-order valence-electron chi connectivity index (χ3n) is 3.32. The Kier molecular flexibility index (Phi) is 2.93. The van der Waals surface area contributed by atoms with Crippen molar-refractivity contribution in [3.63, 3.8) is 0 Å². The van der Waals surface area contributed by atoms with Crippen molar-refractivity contribution in [3.05, 3.63) is 78.2 Å². The number of nitrogens with zero attached hydrogens (tertiary/aromatic N) is 1. The van der Waals surface area contributed by atoms with E-state index in [0.29, 0.717) is 6.04 Å². The number of hydrogen-bond donors (Lipinski definition) is 0. The molecule has 1 aliphatic heterocycles. The average Bonchev–Trinajstić information content (AvgIpc) is 2.36. The third kappa shape index (κ3) is 2.11. The van der Waals surface area contributed by atoms with Gasteiger partial charge >= 0.3 is 0 Å². The van der Waals surface area contributed by atoms with Gasteiger partial charge in [0.05, 0.1) is 6.04 Å². The van der Waals surface area contributed by atoms with Crippen LogP contribution in [0.2, 0.25) is 0 Å². The van der Waals surface area contributed by atoms with Crippen molar-refractivity contribution in [2.75, 3.05) is 13.1 Å². The SMILES string of the molecule is [CH]1CN(C(c2ccccc2)c2ccccc2)C1. The lowest BCUT2D eigenvalue weighted by Gasteiger charge is -2.38. The molecular weight excluding hydrogens is 206 g/mol. The minimum absolute atomic E-state index is 0.405. The van der Waals surface area contributed by atoms with Crippen LogP contribution in [0.15, 0.2) is 60.7 Å². The molecule has 1 saturated heterocycles. The normalized spacial score (nSPS) is 15.8. The Labute approximate surface area is 103 Å². The zero-order valence-corrected chi connectivity index (χ0v) is 9.79. The van der Waals surface area contributed by atoms with E-state index in [-0.39, 0.29) is 0 Å². The molecule has 0 N–H and O–H groups in total. The highest BCUT2D eigenvalue weighted by Gasteiger charge is 2.26. The summed E-state index contributed by atoms with van der Waals surface area (Å²) < 4.78 is 0. The van der Waals surface area contributed by atoms with Gasteiger partial charge in [0.2, 0.25) is 0 Å². The Balaban J connectivity index is 1.98. The summed E-state index contributed by atoms with van der Waals surface area (Å²) in [5.74, 6) is 0. The first-order chi connectivity index (χ1) is 8.45. The van der Waals surface area contributed by atoms with Crippen LogP contribution in [0, 0.1) is 6.42 Å². The highest BCUT2D eigenvalue weighted by Crippen LogP contribution is 2.31. The molecule has 1 heterocycles. The number of rotatable bonds is 3. The first-order valence-electron chi connectivity index (χ1n) is 6.11. The molecule has 0 bridgehead atoms. The van der Waals surface area contributed by atoms with Gasteiger partial charge < -0.3 is 0 Å². The first kappa shape index (κ1) is 10.5. The molecule has 0 spiro atoms. The molecule has 85 valence electrons. The average molecular weight is 222 g/mol. The van der Waals surface area contributed by atoms with E-state index < -0.39 is 0 Å². The van der Waals surface area contributed by atoms with Crippen molar-refractivity contribution in [1.82, 2.24) is 4.90 Å². The van der Waals surface area contributed by atoms with E-state index in [2.05, 4.69) is 72.0 Å². The molecule has 1 radical (unpaired) electrons. The molecule has 0 saturated carbocycles. The second kappa shape index (κ2) is 4.72. The summed E-state index contributed by atoms with van der Waals surface area (Å²) in [5.41, 5.74) is 2.76. The molecule has 0 atom stereocenters. The Morgan fingerprint density at radius 1 is 0.706 bits per heavy atom. The summed E-state index contributed by atoms with van der Waals surface area (Å²) in [5, 5.41) is 0. The molecule has 0 aliphatic carbocycles. The van der Waals surface area contributed by atoms with E-state index >= 15 is 0 Å².